The molecule has 4 nitrogen and oxygen atoms in total. The average Bonchev–Trinajstić information content (AvgIpc) is 2.38. The van der Waals surface area contributed by atoms with E-state index in [4.69, 9.17) is 9.47 Å². The predicted molar refractivity (Wildman–Crippen MR) is 59.4 cm³/mol. The molecule has 1 aromatic heterocycles. The van der Waals surface area contributed by atoms with Crippen molar-refractivity contribution < 1.29 is 9.47 Å². The first-order valence-electron chi connectivity index (χ1n) is 4.76. The maximum absolute atomic E-state index is 5.31. The number of hydrogen-bond donors (Lipinski definition) is 0. The van der Waals surface area contributed by atoms with Crippen molar-refractivity contribution in [1.29, 1.82) is 0 Å². The Bertz CT molecular complexity index is 472. The number of rotatable bonds is 3. The van der Waals surface area contributed by atoms with Crippen LogP contribution in [-0.2, 0) is 0 Å². The van der Waals surface area contributed by atoms with Crippen LogP contribution in [0, 0.1) is 6.07 Å². The first-order valence-corrected chi connectivity index (χ1v) is 4.76. The second-order valence-electron chi connectivity index (χ2n) is 3.05. The summed E-state index contributed by atoms with van der Waals surface area (Å²) in [4.78, 5) is 8.26. The molecule has 0 aliphatic carbocycles. The van der Waals surface area contributed by atoms with Gasteiger partial charge < -0.3 is 9.47 Å². The number of para-hydroxylation sites is 1. The lowest BCUT2D eigenvalue weighted by Crippen LogP contribution is -1.95. The molecule has 0 bridgehead atoms. The third kappa shape index (κ3) is 1.82. The zero-order valence-corrected chi connectivity index (χ0v) is 9.10. The lowest BCUT2D eigenvalue weighted by Gasteiger charge is -2.10. The number of methoxy groups -OCH3 is 2. The van der Waals surface area contributed by atoms with Crippen molar-refractivity contribution in [2.24, 2.45) is 0 Å². The van der Waals surface area contributed by atoms with Gasteiger partial charge in [-0.05, 0) is 12.1 Å². The normalized spacial score (nSPS) is 9.88. The molecule has 0 amide bonds. The maximum atomic E-state index is 5.31. The van der Waals surface area contributed by atoms with Gasteiger partial charge in [-0.1, -0.05) is 6.07 Å². The van der Waals surface area contributed by atoms with Crippen molar-refractivity contribution in [2.45, 2.75) is 0 Å². The van der Waals surface area contributed by atoms with Gasteiger partial charge in [0.1, 0.15) is 0 Å². The van der Waals surface area contributed by atoms with Crippen molar-refractivity contribution in [3.8, 4) is 22.9 Å². The van der Waals surface area contributed by atoms with E-state index in [0.29, 0.717) is 17.3 Å². The van der Waals surface area contributed by atoms with Crippen molar-refractivity contribution in [1.82, 2.24) is 9.97 Å². The van der Waals surface area contributed by atoms with Gasteiger partial charge >= 0.3 is 0 Å². The molecule has 2 rings (SSSR count). The van der Waals surface area contributed by atoms with Crippen molar-refractivity contribution in [3.05, 3.63) is 36.7 Å². The summed E-state index contributed by atoms with van der Waals surface area (Å²) >= 11 is 0. The molecule has 4 heteroatoms. The highest BCUT2D eigenvalue weighted by molar-refractivity contribution is 5.68. The van der Waals surface area contributed by atoms with Gasteiger partial charge in [0, 0.05) is 18.5 Å². The minimum atomic E-state index is 0.592. The van der Waals surface area contributed by atoms with Crippen LogP contribution in [0.4, 0.5) is 0 Å². The fourth-order valence-corrected chi connectivity index (χ4v) is 1.47. The Balaban J connectivity index is 2.57. The Labute approximate surface area is 93.9 Å². The molecule has 0 spiro atoms. The Hall–Kier alpha value is -2.10. The molecular weight excluding hydrogens is 204 g/mol. The van der Waals surface area contributed by atoms with E-state index in [1.165, 1.54) is 0 Å². The molecule has 1 heterocycles. The van der Waals surface area contributed by atoms with Gasteiger partial charge in [0.05, 0.1) is 19.8 Å². The molecule has 2 aromatic rings. The van der Waals surface area contributed by atoms with Gasteiger partial charge in [-0.15, -0.1) is 0 Å². The molecule has 0 fully saturated rings. The van der Waals surface area contributed by atoms with E-state index in [9.17, 15) is 0 Å². The lowest BCUT2D eigenvalue weighted by molar-refractivity contribution is 0.356. The van der Waals surface area contributed by atoms with E-state index >= 15 is 0 Å². The highest BCUT2D eigenvalue weighted by Crippen LogP contribution is 2.35. The van der Waals surface area contributed by atoms with E-state index in [2.05, 4.69) is 16.0 Å². The number of benzene rings is 1. The third-order valence-corrected chi connectivity index (χ3v) is 2.17. The average molecular weight is 215 g/mol. The van der Waals surface area contributed by atoms with Crippen LogP contribution in [0.3, 0.4) is 0 Å². The van der Waals surface area contributed by atoms with Crippen LogP contribution in [0.15, 0.2) is 30.6 Å². The van der Waals surface area contributed by atoms with Gasteiger partial charge in [0.2, 0.25) is 0 Å². The Morgan fingerprint density at radius 2 is 1.81 bits per heavy atom. The third-order valence-electron chi connectivity index (χ3n) is 2.17. The van der Waals surface area contributed by atoms with E-state index in [1.54, 1.807) is 26.6 Å². The van der Waals surface area contributed by atoms with Gasteiger partial charge in [0.15, 0.2) is 17.3 Å². The summed E-state index contributed by atoms with van der Waals surface area (Å²) in [6, 6.07) is 8.36. The van der Waals surface area contributed by atoms with Gasteiger partial charge in [-0.3, -0.25) is 0 Å². The van der Waals surface area contributed by atoms with E-state index in [-0.39, 0.29) is 0 Å². The summed E-state index contributed by atoms with van der Waals surface area (Å²) in [6.07, 6.45) is 3.14. The number of hydrogen-bond acceptors (Lipinski definition) is 4. The standard InChI is InChI=1S/C12H11N2O2/c1-15-10-6-3-5-9(11(10)16-2)12-13-7-4-8-14-12/h3,5-8H,1-2H3. The molecule has 0 saturated carbocycles. The van der Waals surface area contributed by atoms with Gasteiger partial charge in [-0.25, -0.2) is 9.97 Å². The Morgan fingerprint density at radius 1 is 1.06 bits per heavy atom. The Kier molecular flexibility index (Phi) is 3.00. The molecule has 0 aliphatic rings. The second-order valence-corrected chi connectivity index (χ2v) is 3.05. The minimum Gasteiger partial charge on any atom is -0.493 e. The first kappa shape index (κ1) is 10.4. The highest BCUT2D eigenvalue weighted by atomic mass is 16.5. The first-order chi connectivity index (χ1) is 7.86. The molecule has 0 unspecified atom stereocenters. The number of aromatic nitrogens is 2. The maximum Gasteiger partial charge on any atom is 0.171 e. The van der Waals surface area contributed by atoms with Crippen molar-refractivity contribution in [2.75, 3.05) is 14.2 Å². The van der Waals surface area contributed by atoms with Crippen molar-refractivity contribution >= 4 is 0 Å². The fraction of sp³-hybridized carbons (Fsp3) is 0.167. The van der Waals surface area contributed by atoms with Crippen molar-refractivity contribution in [3.63, 3.8) is 0 Å². The number of nitrogens with zero attached hydrogens (tertiary/aromatic N) is 2. The molecule has 81 valence electrons. The molecule has 0 N–H and O–H groups in total. The van der Waals surface area contributed by atoms with Crippen LogP contribution in [0.1, 0.15) is 0 Å². The topological polar surface area (TPSA) is 44.2 Å². The zero-order valence-electron chi connectivity index (χ0n) is 9.10. The van der Waals surface area contributed by atoms with Gasteiger partial charge in [-0.2, -0.15) is 0 Å². The SMILES string of the molecule is COc1cccc(-c2nc[c]cn2)c1OC. The molecule has 0 atom stereocenters. The molecule has 0 saturated heterocycles. The number of ether oxygens (including phenoxy) is 2. The quantitative estimate of drug-likeness (QED) is 0.785. The minimum absolute atomic E-state index is 0.592. The monoisotopic (exact) mass is 215 g/mol. The van der Waals surface area contributed by atoms with Crippen LogP contribution in [0.2, 0.25) is 0 Å². The summed E-state index contributed by atoms with van der Waals surface area (Å²) in [5.74, 6) is 1.89. The smallest absolute Gasteiger partial charge is 0.171 e. The highest BCUT2D eigenvalue weighted by Gasteiger charge is 2.12. The molecular formula is C12H11N2O2. The summed E-state index contributed by atoms with van der Waals surface area (Å²) < 4.78 is 10.5. The molecule has 0 aliphatic heterocycles. The summed E-state index contributed by atoms with van der Waals surface area (Å²) in [5, 5.41) is 0. The second kappa shape index (κ2) is 4.61. The van der Waals surface area contributed by atoms with E-state index in [1.807, 2.05) is 18.2 Å². The Morgan fingerprint density at radius 3 is 2.44 bits per heavy atom. The predicted octanol–water partition coefficient (Wildman–Crippen LogP) is 1.96. The van der Waals surface area contributed by atoms with Crippen LogP contribution in [0.25, 0.3) is 11.4 Å². The van der Waals surface area contributed by atoms with Crippen LogP contribution < -0.4 is 9.47 Å². The summed E-state index contributed by atoms with van der Waals surface area (Å²) in [5.41, 5.74) is 0.802. The summed E-state index contributed by atoms with van der Waals surface area (Å²) in [6.45, 7) is 0. The van der Waals surface area contributed by atoms with Crippen LogP contribution in [0.5, 0.6) is 11.5 Å². The van der Waals surface area contributed by atoms with E-state index in [0.717, 1.165) is 5.56 Å². The molecule has 1 aromatic carbocycles. The van der Waals surface area contributed by atoms with Crippen LogP contribution in [-0.4, -0.2) is 24.2 Å². The molecule has 16 heavy (non-hydrogen) atoms. The fourth-order valence-electron chi connectivity index (χ4n) is 1.47. The van der Waals surface area contributed by atoms with E-state index < -0.39 is 0 Å². The summed E-state index contributed by atoms with van der Waals surface area (Å²) in [7, 11) is 3.19. The lowest BCUT2D eigenvalue weighted by atomic mass is 10.1. The van der Waals surface area contributed by atoms with Crippen LogP contribution >= 0.6 is 0 Å². The largest absolute Gasteiger partial charge is 0.493 e. The van der Waals surface area contributed by atoms with Gasteiger partial charge in [0.25, 0.3) is 0 Å². The zero-order chi connectivity index (χ0) is 11.4. The molecule has 1 radical (unpaired) electrons.